The number of hydrogen-bond acceptors (Lipinski definition) is 3. The number of aliphatic hydroxyl groups is 1. The van der Waals surface area contributed by atoms with Gasteiger partial charge in [-0.25, -0.2) is 0 Å². The summed E-state index contributed by atoms with van der Waals surface area (Å²) in [6.45, 7) is 5.62. The van der Waals surface area contributed by atoms with Gasteiger partial charge in [0.1, 0.15) is 0 Å². The Kier molecular flexibility index (Phi) is 4.60. The lowest BCUT2D eigenvalue weighted by atomic mass is 9.76. The molecule has 3 rings (SSSR count). The Labute approximate surface area is 128 Å². The molecule has 2 fully saturated rings. The van der Waals surface area contributed by atoms with Gasteiger partial charge in [0, 0.05) is 31.3 Å². The van der Waals surface area contributed by atoms with Crippen molar-refractivity contribution in [3.8, 4) is 0 Å². The molecule has 1 atom stereocenters. The summed E-state index contributed by atoms with van der Waals surface area (Å²) in [7, 11) is 0. The van der Waals surface area contributed by atoms with Crippen LogP contribution in [0.15, 0.2) is 18.3 Å². The molecule has 0 spiro atoms. The number of piperidine rings is 1. The highest BCUT2D eigenvalue weighted by Crippen LogP contribution is 2.44. The molecule has 1 saturated heterocycles. The van der Waals surface area contributed by atoms with Crippen LogP contribution in [0.2, 0.25) is 0 Å². The van der Waals surface area contributed by atoms with Gasteiger partial charge in [-0.2, -0.15) is 0 Å². The third kappa shape index (κ3) is 3.83. The topological polar surface area (TPSA) is 36.4 Å². The molecule has 1 aromatic heterocycles. The standard InChI is InChI=1S/C18H28N2O/c1-2-15-6-7-17(19-11-15)12-20-9-3-8-18(13-20,14-21)10-16-4-5-16/h6-7,11,16,21H,2-5,8-10,12-14H2,1H3. The quantitative estimate of drug-likeness (QED) is 0.874. The Morgan fingerprint density at radius 2 is 2.24 bits per heavy atom. The number of pyridine rings is 1. The average molecular weight is 288 g/mol. The molecule has 0 bridgehead atoms. The van der Waals surface area contributed by atoms with E-state index in [1.165, 1.54) is 37.7 Å². The van der Waals surface area contributed by atoms with Gasteiger partial charge < -0.3 is 5.11 Å². The van der Waals surface area contributed by atoms with Crippen LogP contribution in [-0.4, -0.2) is 34.7 Å². The summed E-state index contributed by atoms with van der Waals surface area (Å²) in [5, 5.41) is 9.93. The van der Waals surface area contributed by atoms with Crippen molar-refractivity contribution in [3.63, 3.8) is 0 Å². The molecule has 1 N–H and O–H groups in total. The summed E-state index contributed by atoms with van der Waals surface area (Å²) in [6.07, 6.45) is 9.43. The van der Waals surface area contributed by atoms with Gasteiger partial charge in [-0.1, -0.05) is 25.8 Å². The maximum absolute atomic E-state index is 9.93. The van der Waals surface area contributed by atoms with Gasteiger partial charge in [0.2, 0.25) is 0 Å². The van der Waals surface area contributed by atoms with Crippen molar-refractivity contribution in [1.29, 1.82) is 0 Å². The van der Waals surface area contributed by atoms with Gasteiger partial charge in [0.05, 0.1) is 5.69 Å². The Morgan fingerprint density at radius 1 is 1.38 bits per heavy atom. The van der Waals surface area contributed by atoms with E-state index >= 15 is 0 Å². The maximum atomic E-state index is 9.93. The Hall–Kier alpha value is -0.930. The SMILES string of the molecule is CCc1ccc(CN2CCCC(CO)(CC3CC3)C2)nc1. The molecule has 2 heterocycles. The van der Waals surface area contributed by atoms with Crippen molar-refractivity contribution in [2.24, 2.45) is 11.3 Å². The first kappa shape index (κ1) is 15.0. The van der Waals surface area contributed by atoms with Crippen molar-refractivity contribution < 1.29 is 5.11 Å². The second kappa shape index (κ2) is 6.45. The molecule has 0 radical (unpaired) electrons. The fourth-order valence-corrected chi connectivity index (χ4v) is 3.73. The van der Waals surface area contributed by atoms with Crippen LogP contribution in [0.4, 0.5) is 0 Å². The van der Waals surface area contributed by atoms with Crippen molar-refractivity contribution in [2.45, 2.75) is 52.0 Å². The van der Waals surface area contributed by atoms with Gasteiger partial charge in [-0.3, -0.25) is 9.88 Å². The normalized spacial score (nSPS) is 27.0. The van der Waals surface area contributed by atoms with Crippen LogP contribution < -0.4 is 0 Å². The molecule has 21 heavy (non-hydrogen) atoms. The average Bonchev–Trinajstić information content (AvgIpc) is 3.32. The number of hydrogen-bond donors (Lipinski definition) is 1. The molecule has 3 nitrogen and oxygen atoms in total. The van der Waals surface area contributed by atoms with Crippen molar-refractivity contribution >= 4 is 0 Å². The second-order valence-electron chi connectivity index (χ2n) is 7.13. The first-order valence-corrected chi connectivity index (χ1v) is 8.50. The van der Waals surface area contributed by atoms with E-state index in [-0.39, 0.29) is 5.41 Å². The number of nitrogens with zero attached hydrogens (tertiary/aromatic N) is 2. The van der Waals surface area contributed by atoms with E-state index in [2.05, 4.69) is 28.9 Å². The van der Waals surface area contributed by atoms with Crippen LogP contribution >= 0.6 is 0 Å². The van der Waals surface area contributed by atoms with Crippen molar-refractivity contribution in [1.82, 2.24) is 9.88 Å². The first-order chi connectivity index (χ1) is 10.2. The molecule has 3 heteroatoms. The summed E-state index contributed by atoms with van der Waals surface area (Å²) in [4.78, 5) is 7.08. The zero-order chi connectivity index (χ0) is 14.7. The van der Waals surface area contributed by atoms with E-state index in [0.29, 0.717) is 6.61 Å². The predicted molar refractivity (Wildman–Crippen MR) is 85.0 cm³/mol. The minimum absolute atomic E-state index is 0.156. The van der Waals surface area contributed by atoms with Crippen LogP contribution in [0.3, 0.4) is 0 Å². The maximum Gasteiger partial charge on any atom is 0.0544 e. The highest BCUT2D eigenvalue weighted by Gasteiger charge is 2.39. The highest BCUT2D eigenvalue weighted by molar-refractivity contribution is 5.14. The summed E-state index contributed by atoms with van der Waals surface area (Å²) < 4.78 is 0. The Bertz CT molecular complexity index is 455. The fraction of sp³-hybridized carbons (Fsp3) is 0.722. The van der Waals surface area contributed by atoms with Crippen LogP contribution in [0.1, 0.15) is 50.3 Å². The van der Waals surface area contributed by atoms with Crippen LogP contribution in [-0.2, 0) is 13.0 Å². The number of rotatable bonds is 6. The van der Waals surface area contributed by atoms with E-state index in [4.69, 9.17) is 0 Å². The molecule has 0 amide bonds. The summed E-state index contributed by atoms with van der Waals surface area (Å²) >= 11 is 0. The van der Waals surface area contributed by atoms with Gasteiger partial charge >= 0.3 is 0 Å². The minimum atomic E-state index is 0.156. The van der Waals surface area contributed by atoms with E-state index in [0.717, 1.165) is 37.7 Å². The van der Waals surface area contributed by atoms with Crippen LogP contribution in [0.5, 0.6) is 0 Å². The molecule has 1 aromatic rings. The number of aliphatic hydroxyl groups excluding tert-OH is 1. The van der Waals surface area contributed by atoms with Gasteiger partial charge in [0.15, 0.2) is 0 Å². The van der Waals surface area contributed by atoms with Crippen molar-refractivity contribution in [3.05, 3.63) is 29.6 Å². The fourth-order valence-electron chi connectivity index (χ4n) is 3.73. The Morgan fingerprint density at radius 3 is 2.86 bits per heavy atom. The van der Waals surface area contributed by atoms with Gasteiger partial charge in [-0.05, 0) is 49.8 Å². The summed E-state index contributed by atoms with van der Waals surface area (Å²) in [6, 6.07) is 4.35. The van der Waals surface area contributed by atoms with Crippen LogP contribution in [0.25, 0.3) is 0 Å². The first-order valence-electron chi connectivity index (χ1n) is 8.50. The second-order valence-corrected chi connectivity index (χ2v) is 7.13. The number of aryl methyl sites for hydroxylation is 1. The zero-order valence-corrected chi connectivity index (χ0v) is 13.2. The summed E-state index contributed by atoms with van der Waals surface area (Å²) in [5.74, 6) is 0.888. The molecule has 2 aliphatic rings. The lowest BCUT2D eigenvalue weighted by Gasteiger charge is -2.42. The molecular formula is C18H28N2O. The van der Waals surface area contributed by atoms with Crippen molar-refractivity contribution in [2.75, 3.05) is 19.7 Å². The molecule has 1 aliphatic carbocycles. The van der Waals surface area contributed by atoms with E-state index in [1.54, 1.807) is 0 Å². The Balaban J connectivity index is 1.61. The third-order valence-electron chi connectivity index (χ3n) is 5.17. The molecule has 1 unspecified atom stereocenters. The largest absolute Gasteiger partial charge is 0.396 e. The van der Waals surface area contributed by atoms with E-state index in [9.17, 15) is 5.11 Å². The highest BCUT2D eigenvalue weighted by atomic mass is 16.3. The zero-order valence-electron chi connectivity index (χ0n) is 13.2. The number of likely N-dealkylation sites (tertiary alicyclic amines) is 1. The predicted octanol–water partition coefficient (Wildman–Crippen LogP) is 3.02. The molecule has 1 aliphatic heterocycles. The molecule has 0 aromatic carbocycles. The smallest absolute Gasteiger partial charge is 0.0544 e. The van der Waals surface area contributed by atoms with E-state index < -0.39 is 0 Å². The molecular weight excluding hydrogens is 260 g/mol. The molecule has 116 valence electrons. The lowest BCUT2D eigenvalue weighted by Crippen LogP contribution is -2.45. The van der Waals surface area contributed by atoms with Gasteiger partial charge in [-0.15, -0.1) is 0 Å². The monoisotopic (exact) mass is 288 g/mol. The van der Waals surface area contributed by atoms with E-state index in [1.807, 2.05) is 6.20 Å². The lowest BCUT2D eigenvalue weighted by molar-refractivity contribution is 0.0175. The third-order valence-corrected chi connectivity index (χ3v) is 5.17. The minimum Gasteiger partial charge on any atom is -0.396 e. The van der Waals surface area contributed by atoms with Gasteiger partial charge in [0.25, 0.3) is 0 Å². The number of aromatic nitrogens is 1. The van der Waals surface area contributed by atoms with Crippen LogP contribution in [0, 0.1) is 11.3 Å². The molecule has 1 saturated carbocycles. The summed E-state index contributed by atoms with van der Waals surface area (Å²) in [5.41, 5.74) is 2.62.